The van der Waals surface area contributed by atoms with Crippen molar-refractivity contribution in [2.24, 2.45) is 0 Å². The first-order valence-electron chi connectivity index (χ1n) is 3.60. The number of hydrogen-bond acceptors (Lipinski definition) is 3. The van der Waals surface area contributed by atoms with Crippen LogP contribution >= 0.6 is 0 Å². The molecule has 0 heterocycles. The molecular weight excluding hydrogens is 245 g/mol. The van der Waals surface area contributed by atoms with Crippen LogP contribution in [0.25, 0.3) is 0 Å². The summed E-state index contributed by atoms with van der Waals surface area (Å²) in [5, 5.41) is 0. The molecule has 0 atom stereocenters. The predicted molar refractivity (Wildman–Crippen MR) is 49.5 cm³/mol. The standard InChI is InChI=1S/C7H18N3.Sn/c1-8(2)7(9(3)4)10(5)6;/h1-6H3;. The molecular formula is C7H18N3Sn. The topological polar surface area (TPSA) is 9.72 Å². The maximum atomic E-state index is 2.23. The molecule has 0 aliphatic carbocycles. The fourth-order valence-corrected chi connectivity index (χ4v) is 1.20. The molecule has 0 bridgehead atoms. The van der Waals surface area contributed by atoms with Gasteiger partial charge in [-0.2, -0.15) is 0 Å². The van der Waals surface area contributed by atoms with Crippen molar-refractivity contribution in [1.82, 2.24) is 14.7 Å². The number of nitrogens with zero attached hydrogens (tertiary/aromatic N) is 3. The summed E-state index contributed by atoms with van der Waals surface area (Å²) in [6, 6.07) is 0. The summed E-state index contributed by atoms with van der Waals surface area (Å²) in [6.07, 6.45) is 0. The molecule has 0 rings (SSSR count). The average molecular weight is 263 g/mol. The Bertz CT molecular complexity index is 101. The van der Waals surface area contributed by atoms with Crippen molar-refractivity contribution in [3.05, 3.63) is 0 Å². The maximum absolute atomic E-state index is 2.23. The van der Waals surface area contributed by atoms with Crippen LogP contribution in [0.3, 0.4) is 0 Å². The summed E-state index contributed by atoms with van der Waals surface area (Å²) < 4.78 is 0.0900. The third-order valence-electron chi connectivity index (χ3n) is 1.87. The second kappa shape index (κ2) is 4.07. The second-order valence-corrected chi connectivity index (χ2v) is 5.23. The van der Waals surface area contributed by atoms with Crippen molar-refractivity contribution in [3.63, 3.8) is 0 Å². The van der Waals surface area contributed by atoms with Crippen LogP contribution in [0.15, 0.2) is 0 Å². The minimum atomic E-state index is 0.0900. The Morgan fingerprint density at radius 3 is 0.909 bits per heavy atom. The summed E-state index contributed by atoms with van der Waals surface area (Å²) in [4.78, 5) is 6.68. The van der Waals surface area contributed by atoms with Gasteiger partial charge in [0.05, 0.1) is 0 Å². The molecule has 65 valence electrons. The number of hydrogen-bond donors (Lipinski definition) is 0. The molecule has 0 amide bonds. The molecule has 3 radical (unpaired) electrons. The predicted octanol–water partition coefficient (Wildman–Crippen LogP) is -0.549. The van der Waals surface area contributed by atoms with Crippen molar-refractivity contribution in [1.29, 1.82) is 0 Å². The summed E-state index contributed by atoms with van der Waals surface area (Å²) in [7, 11) is 12.6. The molecule has 0 unspecified atom stereocenters. The first-order chi connectivity index (χ1) is 4.83. The van der Waals surface area contributed by atoms with Crippen LogP contribution in [0.4, 0.5) is 0 Å². The van der Waals surface area contributed by atoms with Crippen molar-refractivity contribution in [2.45, 2.75) is 3.80 Å². The first-order valence-corrected chi connectivity index (χ1v) is 5.03. The van der Waals surface area contributed by atoms with Crippen LogP contribution in [0.1, 0.15) is 0 Å². The quantitative estimate of drug-likeness (QED) is 0.499. The summed E-state index contributed by atoms with van der Waals surface area (Å²) >= 11 is 1.48. The Hall–Kier alpha value is 0.679. The van der Waals surface area contributed by atoms with Gasteiger partial charge in [-0.05, 0) is 0 Å². The van der Waals surface area contributed by atoms with Crippen molar-refractivity contribution < 1.29 is 0 Å². The fraction of sp³-hybridized carbons (Fsp3) is 1.00. The van der Waals surface area contributed by atoms with E-state index in [1.54, 1.807) is 0 Å². The Kier molecular flexibility index (Phi) is 4.32. The molecule has 0 aliphatic heterocycles. The SMILES string of the molecule is CN(C)[C]([Sn])(N(C)C)N(C)C. The summed E-state index contributed by atoms with van der Waals surface area (Å²) in [5.74, 6) is 0. The van der Waals surface area contributed by atoms with E-state index in [0.717, 1.165) is 0 Å². The van der Waals surface area contributed by atoms with Gasteiger partial charge in [-0.25, -0.2) is 0 Å². The van der Waals surface area contributed by atoms with Crippen LogP contribution in [0, 0.1) is 0 Å². The molecule has 0 N–H and O–H groups in total. The van der Waals surface area contributed by atoms with Crippen LogP contribution in [0.5, 0.6) is 0 Å². The van der Waals surface area contributed by atoms with E-state index in [1.165, 1.54) is 22.5 Å². The van der Waals surface area contributed by atoms with Gasteiger partial charge in [-0.1, -0.05) is 0 Å². The van der Waals surface area contributed by atoms with Gasteiger partial charge in [-0.15, -0.1) is 0 Å². The molecule has 0 fully saturated rings. The van der Waals surface area contributed by atoms with Gasteiger partial charge in [0.15, 0.2) is 0 Å². The van der Waals surface area contributed by atoms with Crippen molar-refractivity contribution in [3.8, 4) is 0 Å². The zero-order valence-electron chi connectivity index (χ0n) is 8.34. The molecule has 0 aliphatic rings. The summed E-state index contributed by atoms with van der Waals surface area (Å²) in [5.41, 5.74) is 0. The van der Waals surface area contributed by atoms with E-state index in [2.05, 4.69) is 57.0 Å². The van der Waals surface area contributed by atoms with Gasteiger partial charge in [0.1, 0.15) is 0 Å². The normalized spacial score (nSPS) is 13.6. The Morgan fingerprint density at radius 1 is 0.727 bits per heavy atom. The van der Waals surface area contributed by atoms with E-state index < -0.39 is 0 Å². The van der Waals surface area contributed by atoms with Crippen LogP contribution < -0.4 is 0 Å². The molecule has 11 heavy (non-hydrogen) atoms. The van der Waals surface area contributed by atoms with E-state index in [-0.39, 0.29) is 3.80 Å². The third-order valence-corrected chi connectivity index (χ3v) is 5.70. The van der Waals surface area contributed by atoms with E-state index in [1.807, 2.05) is 0 Å². The molecule has 0 aromatic carbocycles. The zero-order valence-corrected chi connectivity index (χ0v) is 11.2. The van der Waals surface area contributed by atoms with Gasteiger partial charge in [-0.3, -0.25) is 0 Å². The van der Waals surface area contributed by atoms with Gasteiger partial charge >= 0.3 is 83.3 Å². The minimum absolute atomic E-state index is 0.0900. The van der Waals surface area contributed by atoms with E-state index in [0.29, 0.717) is 0 Å². The van der Waals surface area contributed by atoms with Gasteiger partial charge in [0.2, 0.25) is 0 Å². The molecule has 4 heteroatoms. The van der Waals surface area contributed by atoms with Crippen molar-refractivity contribution >= 4 is 22.5 Å². The average Bonchev–Trinajstić information content (AvgIpc) is 1.84. The fourth-order valence-electron chi connectivity index (χ4n) is 1.20. The Balaban J connectivity index is 4.53. The van der Waals surface area contributed by atoms with Gasteiger partial charge in [0, 0.05) is 0 Å². The molecule has 3 nitrogen and oxygen atoms in total. The first kappa shape index (κ1) is 11.7. The zero-order chi connectivity index (χ0) is 9.23. The Labute approximate surface area is 83.4 Å². The van der Waals surface area contributed by atoms with Crippen LogP contribution in [0.2, 0.25) is 0 Å². The van der Waals surface area contributed by atoms with Gasteiger partial charge < -0.3 is 0 Å². The van der Waals surface area contributed by atoms with E-state index >= 15 is 0 Å². The van der Waals surface area contributed by atoms with Crippen LogP contribution in [-0.4, -0.2) is 83.3 Å². The number of rotatable bonds is 3. The molecule has 0 spiro atoms. The van der Waals surface area contributed by atoms with E-state index in [4.69, 9.17) is 0 Å². The third kappa shape index (κ3) is 2.31. The van der Waals surface area contributed by atoms with E-state index in [9.17, 15) is 0 Å². The van der Waals surface area contributed by atoms with Crippen LogP contribution in [-0.2, 0) is 0 Å². The molecule has 0 saturated carbocycles. The monoisotopic (exact) mass is 264 g/mol. The Morgan fingerprint density at radius 2 is 0.909 bits per heavy atom. The molecule has 0 aromatic rings. The summed E-state index contributed by atoms with van der Waals surface area (Å²) in [6.45, 7) is 0. The second-order valence-electron chi connectivity index (χ2n) is 3.32. The molecule has 0 saturated heterocycles. The van der Waals surface area contributed by atoms with Crippen molar-refractivity contribution in [2.75, 3.05) is 42.3 Å². The van der Waals surface area contributed by atoms with Gasteiger partial charge in [0.25, 0.3) is 0 Å². The molecule has 0 aromatic heterocycles.